The average Bonchev–Trinajstić information content (AvgIpc) is 2.98. The first-order chi connectivity index (χ1) is 13.1. The standard InChI is InChI=1S/C20H21ClN2O3S/c1-3-26-16-8-9-17-18(13-16)27-20(23(17)10-11-25-2)22-19(24)12-14-4-6-15(21)7-5-14/h4-9,13H,3,10-12H2,1-2H3. The van der Waals surface area contributed by atoms with Crippen LogP contribution in [0.3, 0.4) is 0 Å². The van der Waals surface area contributed by atoms with Crippen LogP contribution in [-0.2, 0) is 22.5 Å². The van der Waals surface area contributed by atoms with E-state index in [0.29, 0.717) is 29.6 Å². The van der Waals surface area contributed by atoms with E-state index in [1.165, 1.54) is 11.3 Å². The summed E-state index contributed by atoms with van der Waals surface area (Å²) in [7, 11) is 1.66. The maximum absolute atomic E-state index is 12.5. The van der Waals surface area contributed by atoms with Gasteiger partial charge >= 0.3 is 0 Å². The van der Waals surface area contributed by atoms with E-state index in [2.05, 4.69) is 4.99 Å². The highest BCUT2D eigenvalue weighted by Crippen LogP contribution is 2.23. The Morgan fingerprint density at radius 3 is 2.70 bits per heavy atom. The first kappa shape index (κ1) is 19.6. The van der Waals surface area contributed by atoms with Gasteiger partial charge in [-0.05, 0) is 42.8 Å². The molecule has 0 aliphatic rings. The highest BCUT2D eigenvalue weighted by molar-refractivity contribution is 7.16. The van der Waals surface area contributed by atoms with Gasteiger partial charge in [0.15, 0.2) is 4.80 Å². The van der Waals surface area contributed by atoms with Crippen molar-refractivity contribution < 1.29 is 14.3 Å². The lowest BCUT2D eigenvalue weighted by Crippen LogP contribution is -2.19. The number of benzene rings is 2. The van der Waals surface area contributed by atoms with E-state index in [1.54, 1.807) is 19.2 Å². The fourth-order valence-electron chi connectivity index (χ4n) is 2.72. The first-order valence-corrected chi connectivity index (χ1v) is 9.87. The molecule has 0 radical (unpaired) electrons. The molecule has 0 unspecified atom stereocenters. The number of halogens is 1. The van der Waals surface area contributed by atoms with Gasteiger partial charge < -0.3 is 14.0 Å². The molecule has 1 heterocycles. The van der Waals surface area contributed by atoms with Gasteiger partial charge in [-0.2, -0.15) is 4.99 Å². The summed E-state index contributed by atoms with van der Waals surface area (Å²) in [4.78, 5) is 17.5. The minimum atomic E-state index is -0.194. The molecule has 3 rings (SSSR count). The lowest BCUT2D eigenvalue weighted by molar-refractivity contribution is -0.117. The summed E-state index contributed by atoms with van der Waals surface area (Å²) in [6.07, 6.45) is 0.236. The van der Waals surface area contributed by atoms with Crippen molar-refractivity contribution in [3.05, 3.63) is 57.9 Å². The Hall–Kier alpha value is -2.15. The number of rotatable bonds is 7. The molecule has 3 aromatic rings. The van der Waals surface area contributed by atoms with Gasteiger partial charge in [0, 0.05) is 18.7 Å². The van der Waals surface area contributed by atoms with Crippen molar-refractivity contribution in [2.75, 3.05) is 20.3 Å². The van der Waals surface area contributed by atoms with Crippen LogP contribution in [-0.4, -0.2) is 30.8 Å². The molecule has 0 bridgehead atoms. The van der Waals surface area contributed by atoms with E-state index in [1.807, 2.05) is 41.8 Å². The molecule has 0 aliphatic carbocycles. The van der Waals surface area contributed by atoms with Crippen molar-refractivity contribution in [2.24, 2.45) is 4.99 Å². The van der Waals surface area contributed by atoms with Crippen molar-refractivity contribution >= 4 is 39.1 Å². The monoisotopic (exact) mass is 404 g/mol. The summed E-state index contributed by atoms with van der Waals surface area (Å²) in [5.41, 5.74) is 1.90. The third-order valence-electron chi connectivity index (χ3n) is 3.97. The Morgan fingerprint density at radius 2 is 2.00 bits per heavy atom. The van der Waals surface area contributed by atoms with Crippen LogP contribution in [0.2, 0.25) is 5.02 Å². The van der Waals surface area contributed by atoms with Gasteiger partial charge in [0.05, 0.1) is 29.9 Å². The van der Waals surface area contributed by atoms with Gasteiger partial charge in [-0.15, -0.1) is 0 Å². The highest BCUT2D eigenvalue weighted by atomic mass is 35.5. The molecule has 0 saturated heterocycles. The summed E-state index contributed by atoms with van der Waals surface area (Å²) in [5, 5.41) is 0.648. The molecular weight excluding hydrogens is 384 g/mol. The smallest absolute Gasteiger partial charge is 0.252 e. The Balaban J connectivity index is 1.95. The number of nitrogens with zero attached hydrogens (tertiary/aromatic N) is 2. The maximum atomic E-state index is 12.5. The van der Waals surface area contributed by atoms with Crippen molar-refractivity contribution in [2.45, 2.75) is 19.9 Å². The van der Waals surface area contributed by atoms with Crippen molar-refractivity contribution in [1.29, 1.82) is 0 Å². The quantitative estimate of drug-likeness (QED) is 0.596. The van der Waals surface area contributed by atoms with E-state index in [9.17, 15) is 4.79 Å². The molecule has 0 fully saturated rings. The molecule has 1 amide bonds. The number of methoxy groups -OCH3 is 1. The molecule has 2 aromatic carbocycles. The van der Waals surface area contributed by atoms with Crippen LogP contribution < -0.4 is 9.54 Å². The van der Waals surface area contributed by atoms with E-state index in [4.69, 9.17) is 21.1 Å². The lowest BCUT2D eigenvalue weighted by atomic mass is 10.1. The molecule has 7 heteroatoms. The number of amides is 1. The molecule has 0 saturated carbocycles. The van der Waals surface area contributed by atoms with Crippen LogP contribution in [0.15, 0.2) is 47.5 Å². The zero-order valence-electron chi connectivity index (χ0n) is 15.3. The molecular formula is C20H21ClN2O3S. The molecule has 5 nitrogen and oxygen atoms in total. The van der Waals surface area contributed by atoms with E-state index in [-0.39, 0.29) is 12.3 Å². The molecule has 0 spiro atoms. The molecule has 0 N–H and O–H groups in total. The minimum absolute atomic E-state index is 0.194. The molecule has 0 atom stereocenters. The fourth-order valence-corrected chi connectivity index (χ4v) is 3.94. The van der Waals surface area contributed by atoms with Crippen LogP contribution in [0.4, 0.5) is 0 Å². The van der Waals surface area contributed by atoms with E-state index >= 15 is 0 Å². The third kappa shape index (κ3) is 4.97. The molecule has 27 heavy (non-hydrogen) atoms. The normalized spacial score (nSPS) is 11.9. The Morgan fingerprint density at radius 1 is 1.22 bits per heavy atom. The van der Waals surface area contributed by atoms with Crippen LogP contribution in [0.5, 0.6) is 5.75 Å². The van der Waals surface area contributed by atoms with Crippen LogP contribution >= 0.6 is 22.9 Å². The highest BCUT2D eigenvalue weighted by Gasteiger charge is 2.10. The van der Waals surface area contributed by atoms with E-state index in [0.717, 1.165) is 21.5 Å². The maximum Gasteiger partial charge on any atom is 0.252 e. The Bertz CT molecular complexity index is 993. The fraction of sp³-hybridized carbons (Fsp3) is 0.300. The first-order valence-electron chi connectivity index (χ1n) is 8.68. The van der Waals surface area contributed by atoms with Gasteiger partial charge in [0.2, 0.25) is 0 Å². The average molecular weight is 405 g/mol. The second kappa shape index (κ2) is 9.17. The van der Waals surface area contributed by atoms with Gasteiger partial charge in [0.1, 0.15) is 5.75 Å². The van der Waals surface area contributed by atoms with Crippen molar-refractivity contribution in [1.82, 2.24) is 4.57 Å². The summed E-state index contributed by atoms with van der Waals surface area (Å²) in [5.74, 6) is 0.615. The van der Waals surface area contributed by atoms with Gasteiger partial charge in [0.25, 0.3) is 5.91 Å². The number of hydrogen-bond donors (Lipinski definition) is 0. The largest absolute Gasteiger partial charge is 0.494 e. The molecule has 0 aliphatic heterocycles. The zero-order valence-corrected chi connectivity index (χ0v) is 16.8. The summed E-state index contributed by atoms with van der Waals surface area (Å²) >= 11 is 7.37. The van der Waals surface area contributed by atoms with E-state index < -0.39 is 0 Å². The summed E-state index contributed by atoms with van der Waals surface area (Å²) < 4.78 is 13.8. The van der Waals surface area contributed by atoms with Gasteiger partial charge in [-0.1, -0.05) is 35.1 Å². The van der Waals surface area contributed by atoms with Crippen molar-refractivity contribution in [3.8, 4) is 5.75 Å². The van der Waals surface area contributed by atoms with Crippen LogP contribution in [0.1, 0.15) is 12.5 Å². The van der Waals surface area contributed by atoms with Crippen LogP contribution in [0, 0.1) is 0 Å². The lowest BCUT2D eigenvalue weighted by Gasteiger charge is -2.06. The summed E-state index contributed by atoms with van der Waals surface area (Å²) in [6.45, 7) is 3.72. The van der Waals surface area contributed by atoms with Gasteiger partial charge in [-0.3, -0.25) is 4.79 Å². The number of carbonyl (C=O) groups excluding carboxylic acids is 1. The Labute approximate surface area is 166 Å². The SMILES string of the molecule is CCOc1ccc2c(c1)sc(=NC(=O)Cc1ccc(Cl)cc1)n2CCOC. The predicted octanol–water partition coefficient (Wildman–Crippen LogP) is 4.07. The Kier molecular flexibility index (Phi) is 6.66. The molecule has 142 valence electrons. The third-order valence-corrected chi connectivity index (χ3v) is 5.27. The summed E-state index contributed by atoms with van der Waals surface area (Å²) in [6, 6.07) is 13.1. The number of fused-ring (bicyclic) bond motifs is 1. The predicted molar refractivity (Wildman–Crippen MR) is 109 cm³/mol. The zero-order chi connectivity index (χ0) is 19.2. The van der Waals surface area contributed by atoms with Crippen LogP contribution in [0.25, 0.3) is 10.2 Å². The van der Waals surface area contributed by atoms with Crippen molar-refractivity contribution in [3.63, 3.8) is 0 Å². The second-order valence-electron chi connectivity index (χ2n) is 5.90. The minimum Gasteiger partial charge on any atom is -0.494 e. The van der Waals surface area contributed by atoms with Gasteiger partial charge in [-0.25, -0.2) is 0 Å². The second-order valence-corrected chi connectivity index (χ2v) is 7.35. The number of carbonyl (C=O) groups is 1. The number of hydrogen-bond acceptors (Lipinski definition) is 4. The number of ether oxygens (including phenoxy) is 2. The number of thiazole rings is 1. The molecule has 1 aromatic heterocycles. The number of aromatic nitrogens is 1. The topological polar surface area (TPSA) is 52.8 Å².